The van der Waals surface area contributed by atoms with Gasteiger partial charge in [0.2, 0.25) is 9.97 Å². The standard InChI is InChI=1S/C15H14ClN5OS/c16-11-5-1-9(2-6-11)7-8-17-13(22)14-20-21-12(10-3-4-10)18-19-15(21)23-14/h1-2,5-6,10H,3-4,7-8H2,(H,17,22). The van der Waals surface area contributed by atoms with Crippen molar-refractivity contribution in [2.24, 2.45) is 0 Å². The molecule has 2 aromatic heterocycles. The summed E-state index contributed by atoms with van der Waals surface area (Å²) >= 11 is 7.12. The van der Waals surface area contributed by atoms with Gasteiger partial charge in [-0.3, -0.25) is 4.79 Å². The van der Waals surface area contributed by atoms with Gasteiger partial charge in [0.15, 0.2) is 5.82 Å². The second-order valence-corrected chi connectivity index (χ2v) is 6.96. The summed E-state index contributed by atoms with van der Waals surface area (Å²) < 4.78 is 1.70. The van der Waals surface area contributed by atoms with Gasteiger partial charge in [0.25, 0.3) is 5.91 Å². The maximum absolute atomic E-state index is 12.2. The van der Waals surface area contributed by atoms with Crippen LogP contribution in [0.25, 0.3) is 4.96 Å². The molecule has 4 rings (SSSR count). The molecule has 1 aliphatic carbocycles. The number of aromatic nitrogens is 4. The van der Waals surface area contributed by atoms with E-state index in [1.807, 2.05) is 24.3 Å². The number of nitrogens with zero attached hydrogens (tertiary/aromatic N) is 4. The lowest BCUT2D eigenvalue weighted by atomic mass is 10.1. The normalized spacial score (nSPS) is 14.3. The van der Waals surface area contributed by atoms with Crippen LogP contribution in [0, 0.1) is 0 Å². The first kappa shape index (κ1) is 14.6. The van der Waals surface area contributed by atoms with Crippen LogP contribution in [0.4, 0.5) is 0 Å². The zero-order chi connectivity index (χ0) is 15.8. The lowest BCUT2D eigenvalue weighted by molar-refractivity contribution is 0.0952. The topological polar surface area (TPSA) is 72.2 Å². The van der Waals surface area contributed by atoms with E-state index in [0.717, 1.165) is 30.7 Å². The Bertz CT molecular complexity index is 853. The maximum Gasteiger partial charge on any atom is 0.282 e. The number of carbonyl (C=O) groups is 1. The maximum atomic E-state index is 12.2. The molecule has 0 spiro atoms. The van der Waals surface area contributed by atoms with Crippen LogP contribution in [0.5, 0.6) is 0 Å². The Labute approximate surface area is 141 Å². The largest absolute Gasteiger partial charge is 0.350 e. The van der Waals surface area contributed by atoms with Crippen LogP contribution in [0.3, 0.4) is 0 Å². The highest BCUT2D eigenvalue weighted by Gasteiger charge is 2.30. The zero-order valence-electron chi connectivity index (χ0n) is 12.2. The smallest absolute Gasteiger partial charge is 0.282 e. The van der Waals surface area contributed by atoms with Gasteiger partial charge in [0.1, 0.15) is 0 Å². The van der Waals surface area contributed by atoms with Gasteiger partial charge in [-0.15, -0.1) is 15.3 Å². The van der Waals surface area contributed by atoms with Crippen LogP contribution in [0.2, 0.25) is 5.02 Å². The van der Waals surface area contributed by atoms with Crippen molar-refractivity contribution in [3.63, 3.8) is 0 Å². The third kappa shape index (κ3) is 3.07. The van der Waals surface area contributed by atoms with E-state index in [4.69, 9.17) is 11.6 Å². The van der Waals surface area contributed by atoms with Crippen molar-refractivity contribution in [3.8, 4) is 0 Å². The molecule has 1 aliphatic rings. The van der Waals surface area contributed by atoms with E-state index in [-0.39, 0.29) is 5.91 Å². The summed E-state index contributed by atoms with van der Waals surface area (Å²) in [5.41, 5.74) is 1.13. The number of hydrogen-bond acceptors (Lipinski definition) is 5. The van der Waals surface area contributed by atoms with Gasteiger partial charge in [-0.2, -0.15) is 4.52 Å². The van der Waals surface area contributed by atoms with E-state index in [2.05, 4.69) is 20.6 Å². The van der Waals surface area contributed by atoms with Crippen LogP contribution >= 0.6 is 22.9 Å². The highest BCUT2D eigenvalue weighted by atomic mass is 35.5. The Balaban J connectivity index is 1.39. The van der Waals surface area contributed by atoms with Crippen molar-refractivity contribution in [2.75, 3.05) is 6.54 Å². The van der Waals surface area contributed by atoms with E-state index in [1.165, 1.54) is 11.3 Å². The van der Waals surface area contributed by atoms with Crippen molar-refractivity contribution in [1.82, 2.24) is 25.1 Å². The number of halogens is 1. The van der Waals surface area contributed by atoms with Gasteiger partial charge in [-0.05, 0) is 37.0 Å². The summed E-state index contributed by atoms with van der Waals surface area (Å²) in [7, 11) is 0. The molecule has 0 radical (unpaired) electrons. The molecule has 1 amide bonds. The molecule has 0 saturated heterocycles. The van der Waals surface area contributed by atoms with Crippen molar-refractivity contribution < 1.29 is 4.79 Å². The van der Waals surface area contributed by atoms with E-state index in [9.17, 15) is 4.79 Å². The molecule has 0 atom stereocenters. The first-order valence-corrected chi connectivity index (χ1v) is 8.65. The highest BCUT2D eigenvalue weighted by molar-refractivity contribution is 7.18. The number of fused-ring (bicyclic) bond motifs is 1. The Morgan fingerprint density at radius 3 is 2.83 bits per heavy atom. The summed E-state index contributed by atoms with van der Waals surface area (Å²) in [5, 5.41) is 16.6. The minimum Gasteiger partial charge on any atom is -0.350 e. The molecular weight excluding hydrogens is 334 g/mol. The quantitative estimate of drug-likeness (QED) is 0.770. The van der Waals surface area contributed by atoms with Crippen molar-refractivity contribution in [2.45, 2.75) is 25.2 Å². The molecule has 2 heterocycles. The number of amides is 1. The van der Waals surface area contributed by atoms with Crippen LogP contribution < -0.4 is 5.32 Å². The molecule has 0 bridgehead atoms. The lowest BCUT2D eigenvalue weighted by Gasteiger charge is -2.03. The summed E-state index contributed by atoms with van der Waals surface area (Å²) in [5.74, 6) is 1.15. The fourth-order valence-corrected chi connectivity index (χ4v) is 3.26. The average Bonchev–Trinajstić information content (AvgIpc) is 3.17. The van der Waals surface area contributed by atoms with Crippen LogP contribution in [0.1, 0.15) is 39.9 Å². The van der Waals surface area contributed by atoms with Crippen LogP contribution in [-0.4, -0.2) is 32.3 Å². The molecular formula is C15H14ClN5OS. The second-order valence-electron chi connectivity index (χ2n) is 5.57. The SMILES string of the molecule is O=C(NCCc1ccc(Cl)cc1)c1nn2c(C3CC3)nnc2s1. The van der Waals surface area contributed by atoms with Gasteiger partial charge in [-0.25, -0.2) is 0 Å². The number of rotatable bonds is 5. The van der Waals surface area contributed by atoms with Gasteiger partial charge in [-0.1, -0.05) is 35.1 Å². The third-order valence-electron chi connectivity index (χ3n) is 3.76. The summed E-state index contributed by atoms with van der Waals surface area (Å²) in [6.45, 7) is 0.552. The minimum absolute atomic E-state index is 0.170. The van der Waals surface area contributed by atoms with Gasteiger partial charge >= 0.3 is 0 Å². The van der Waals surface area contributed by atoms with E-state index >= 15 is 0 Å². The average molecular weight is 348 g/mol. The zero-order valence-corrected chi connectivity index (χ0v) is 13.8. The van der Waals surface area contributed by atoms with Gasteiger partial charge < -0.3 is 5.32 Å². The molecule has 1 N–H and O–H groups in total. The molecule has 8 heteroatoms. The molecule has 0 aliphatic heterocycles. The molecule has 23 heavy (non-hydrogen) atoms. The Morgan fingerprint density at radius 1 is 1.30 bits per heavy atom. The molecule has 1 saturated carbocycles. The van der Waals surface area contributed by atoms with Crippen molar-refractivity contribution in [3.05, 3.63) is 45.7 Å². The molecule has 3 aromatic rings. The number of benzene rings is 1. The third-order valence-corrected chi connectivity index (χ3v) is 4.91. The molecule has 6 nitrogen and oxygen atoms in total. The summed E-state index contributed by atoms with van der Waals surface area (Å²) in [6.07, 6.45) is 3.00. The predicted molar refractivity (Wildman–Crippen MR) is 88.1 cm³/mol. The number of nitrogens with one attached hydrogen (secondary N) is 1. The summed E-state index contributed by atoms with van der Waals surface area (Å²) in [6, 6.07) is 7.61. The molecule has 1 fully saturated rings. The fourth-order valence-electron chi connectivity index (χ4n) is 2.37. The minimum atomic E-state index is -0.170. The first-order chi connectivity index (χ1) is 11.2. The molecule has 1 aromatic carbocycles. The van der Waals surface area contributed by atoms with Crippen molar-refractivity contribution >= 4 is 33.8 Å². The summed E-state index contributed by atoms with van der Waals surface area (Å²) in [4.78, 5) is 12.9. The molecule has 0 unspecified atom stereocenters. The van der Waals surface area contributed by atoms with Gasteiger partial charge in [0, 0.05) is 17.5 Å². The Hall–Kier alpha value is -1.99. The first-order valence-electron chi connectivity index (χ1n) is 7.45. The Morgan fingerprint density at radius 2 is 2.09 bits per heavy atom. The monoisotopic (exact) mass is 347 g/mol. The fraction of sp³-hybridized carbons (Fsp3) is 0.333. The Kier molecular flexibility index (Phi) is 3.74. The number of carbonyl (C=O) groups excluding carboxylic acids is 1. The number of hydrogen-bond donors (Lipinski definition) is 1. The van der Waals surface area contributed by atoms with Crippen molar-refractivity contribution in [1.29, 1.82) is 0 Å². The second kappa shape index (κ2) is 5.90. The van der Waals surface area contributed by atoms with E-state index < -0.39 is 0 Å². The van der Waals surface area contributed by atoms with Crippen LogP contribution in [0.15, 0.2) is 24.3 Å². The van der Waals surface area contributed by atoms with Gasteiger partial charge in [0.05, 0.1) is 0 Å². The van der Waals surface area contributed by atoms with Crippen LogP contribution in [-0.2, 0) is 6.42 Å². The van der Waals surface area contributed by atoms with E-state index in [1.54, 1.807) is 4.52 Å². The predicted octanol–water partition coefficient (Wildman–Crippen LogP) is 2.69. The molecule has 118 valence electrons. The van der Waals surface area contributed by atoms with E-state index in [0.29, 0.717) is 27.5 Å². The lowest BCUT2D eigenvalue weighted by Crippen LogP contribution is -2.25. The highest BCUT2D eigenvalue weighted by Crippen LogP contribution is 2.39.